The number of aryl methyl sites for hydroxylation is 1. The molecule has 118 valence electrons. The van der Waals surface area contributed by atoms with Gasteiger partial charge in [-0.3, -0.25) is 18.7 Å². The Morgan fingerprint density at radius 2 is 2.18 bits per heavy atom. The van der Waals surface area contributed by atoms with Crippen molar-refractivity contribution < 1.29 is 9.53 Å². The Hall–Kier alpha value is -1.93. The molecule has 2 aromatic rings. The Morgan fingerprint density at radius 3 is 2.86 bits per heavy atom. The van der Waals surface area contributed by atoms with Gasteiger partial charge in [0.2, 0.25) is 0 Å². The molecule has 0 bridgehead atoms. The van der Waals surface area contributed by atoms with Crippen LogP contribution in [-0.4, -0.2) is 34.3 Å². The van der Waals surface area contributed by atoms with Crippen LogP contribution in [0.2, 0.25) is 0 Å². The maximum Gasteiger partial charge on any atom is 0.331 e. The molecule has 1 aliphatic heterocycles. The van der Waals surface area contributed by atoms with E-state index in [2.05, 4.69) is 5.32 Å². The van der Waals surface area contributed by atoms with Crippen molar-refractivity contribution in [2.75, 3.05) is 13.2 Å². The van der Waals surface area contributed by atoms with E-state index >= 15 is 0 Å². The molecule has 0 aliphatic carbocycles. The molecular weight excluding hydrogens is 306 g/mol. The van der Waals surface area contributed by atoms with Crippen LogP contribution in [0.1, 0.15) is 22.5 Å². The van der Waals surface area contributed by atoms with E-state index in [1.807, 2.05) is 0 Å². The standard InChI is InChI=1S/C14H17N3O4S/c1-16-12(19)9-6-10(22-13(9)17(2)14(16)20)11(18)15-7-8-4-3-5-21-8/h6,8H,3-5,7H2,1-2H3,(H,15,18)/t8-/m1/s1. The minimum absolute atomic E-state index is 0.0653. The fraction of sp³-hybridized carbons (Fsp3) is 0.500. The van der Waals surface area contributed by atoms with Crippen LogP contribution in [0.3, 0.4) is 0 Å². The van der Waals surface area contributed by atoms with Crippen molar-refractivity contribution in [3.05, 3.63) is 31.8 Å². The molecule has 0 radical (unpaired) electrons. The second-order valence-corrected chi connectivity index (χ2v) is 6.41. The number of aromatic nitrogens is 2. The number of rotatable bonds is 3. The summed E-state index contributed by atoms with van der Waals surface area (Å²) in [6.07, 6.45) is 2.03. The molecule has 3 heterocycles. The molecule has 0 aromatic carbocycles. The highest BCUT2D eigenvalue weighted by Gasteiger charge is 2.19. The van der Waals surface area contributed by atoms with Crippen molar-refractivity contribution in [1.29, 1.82) is 0 Å². The van der Waals surface area contributed by atoms with E-state index in [9.17, 15) is 14.4 Å². The van der Waals surface area contributed by atoms with Gasteiger partial charge in [-0.15, -0.1) is 11.3 Å². The van der Waals surface area contributed by atoms with Gasteiger partial charge in [0.1, 0.15) is 4.83 Å². The maximum atomic E-state index is 12.2. The number of ether oxygens (including phenoxy) is 1. The summed E-state index contributed by atoms with van der Waals surface area (Å²) in [6, 6.07) is 1.55. The Labute approximate surface area is 130 Å². The highest BCUT2D eigenvalue weighted by atomic mass is 32.1. The van der Waals surface area contributed by atoms with Crippen LogP contribution in [0.5, 0.6) is 0 Å². The summed E-state index contributed by atoms with van der Waals surface area (Å²) in [5.74, 6) is -0.244. The summed E-state index contributed by atoms with van der Waals surface area (Å²) in [4.78, 5) is 37.1. The Kier molecular flexibility index (Phi) is 3.88. The third-order valence-corrected chi connectivity index (χ3v) is 5.07. The summed E-state index contributed by atoms with van der Waals surface area (Å²) < 4.78 is 7.89. The molecule has 2 aromatic heterocycles. The van der Waals surface area contributed by atoms with Crippen LogP contribution in [-0.2, 0) is 18.8 Å². The van der Waals surface area contributed by atoms with E-state index in [-0.39, 0.29) is 17.6 Å². The predicted molar refractivity (Wildman–Crippen MR) is 83.6 cm³/mol. The molecule has 3 rings (SSSR count). The average molecular weight is 323 g/mol. The zero-order valence-electron chi connectivity index (χ0n) is 12.4. The smallest absolute Gasteiger partial charge is 0.331 e. The second kappa shape index (κ2) is 5.69. The van der Waals surface area contributed by atoms with Crippen molar-refractivity contribution in [1.82, 2.24) is 14.5 Å². The first-order valence-electron chi connectivity index (χ1n) is 7.08. The predicted octanol–water partition coefficient (Wildman–Crippen LogP) is 0.207. The lowest BCUT2D eigenvalue weighted by Gasteiger charge is -2.09. The third-order valence-electron chi connectivity index (χ3n) is 3.86. The second-order valence-electron chi connectivity index (χ2n) is 5.38. The SMILES string of the molecule is Cn1c(=O)c2cc(C(=O)NC[C@H]3CCCO3)sc2n(C)c1=O. The first kappa shape index (κ1) is 15.0. The first-order valence-corrected chi connectivity index (χ1v) is 7.90. The Balaban J connectivity index is 1.90. The highest BCUT2D eigenvalue weighted by molar-refractivity contribution is 7.20. The minimum atomic E-state index is -0.398. The molecule has 0 saturated carbocycles. The van der Waals surface area contributed by atoms with Crippen LogP contribution >= 0.6 is 11.3 Å². The van der Waals surface area contributed by atoms with Gasteiger partial charge in [0, 0.05) is 27.2 Å². The molecule has 22 heavy (non-hydrogen) atoms. The monoisotopic (exact) mass is 323 g/mol. The summed E-state index contributed by atoms with van der Waals surface area (Å²) in [5, 5.41) is 3.21. The number of hydrogen-bond donors (Lipinski definition) is 1. The van der Waals surface area contributed by atoms with E-state index in [0.29, 0.717) is 21.6 Å². The average Bonchev–Trinajstić information content (AvgIpc) is 3.17. The quantitative estimate of drug-likeness (QED) is 0.875. The van der Waals surface area contributed by atoms with Gasteiger partial charge in [0.25, 0.3) is 11.5 Å². The summed E-state index contributed by atoms with van der Waals surface area (Å²) >= 11 is 1.15. The van der Waals surface area contributed by atoms with Crippen LogP contribution in [0.15, 0.2) is 15.7 Å². The van der Waals surface area contributed by atoms with Crippen LogP contribution in [0, 0.1) is 0 Å². The van der Waals surface area contributed by atoms with Gasteiger partial charge in [-0.2, -0.15) is 0 Å². The van der Waals surface area contributed by atoms with Crippen molar-refractivity contribution in [2.24, 2.45) is 14.1 Å². The van der Waals surface area contributed by atoms with E-state index < -0.39 is 5.69 Å². The lowest BCUT2D eigenvalue weighted by molar-refractivity contribution is 0.0861. The number of carbonyl (C=O) groups is 1. The zero-order valence-corrected chi connectivity index (χ0v) is 13.2. The number of nitrogens with one attached hydrogen (secondary N) is 1. The van der Waals surface area contributed by atoms with Gasteiger partial charge in [-0.1, -0.05) is 0 Å². The van der Waals surface area contributed by atoms with E-state index in [1.165, 1.54) is 11.6 Å². The van der Waals surface area contributed by atoms with Gasteiger partial charge in [0.15, 0.2) is 0 Å². The normalized spacial score (nSPS) is 18.0. The van der Waals surface area contributed by atoms with Crippen molar-refractivity contribution in [2.45, 2.75) is 18.9 Å². The number of nitrogens with zero attached hydrogens (tertiary/aromatic N) is 2. The van der Waals surface area contributed by atoms with E-state index in [1.54, 1.807) is 13.1 Å². The molecule has 1 atom stereocenters. The number of amides is 1. The highest BCUT2D eigenvalue weighted by Crippen LogP contribution is 2.21. The van der Waals surface area contributed by atoms with Gasteiger partial charge >= 0.3 is 5.69 Å². The maximum absolute atomic E-state index is 12.2. The van der Waals surface area contributed by atoms with Crippen LogP contribution in [0.25, 0.3) is 10.2 Å². The molecule has 0 unspecified atom stereocenters. The number of hydrogen-bond acceptors (Lipinski definition) is 5. The Morgan fingerprint density at radius 1 is 1.41 bits per heavy atom. The molecule has 1 amide bonds. The molecule has 1 N–H and O–H groups in total. The largest absolute Gasteiger partial charge is 0.376 e. The van der Waals surface area contributed by atoms with Crippen molar-refractivity contribution >= 4 is 27.5 Å². The molecular formula is C14H17N3O4S. The lowest BCUT2D eigenvalue weighted by atomic mass is 10.2. The Bertz CT molecular complexity index is 842. The minimum Gasteiger partial charge on any atom is -0.376 e. The fourth-order valence-corrected chi connectivity index (χ4v) is 3.60. The van der Waals surface area contributed by atoms with Crippen molar-refractivity contribution in [3.63, 3.8) is 0 Å². The van der Waals surface area contributed by atoms with Gasteiger partial charge in [0.05, 0.1) is 16.4 Å². The number of fused-ring (bicyclic) bond motifs is 1. The lowest BCUT2D eigenvalue weighted by Crippen LogP contribution is -2.36. The summed E-state index contributed by atoms with van der Waals surface area (Å²) in [6.45, 7) is 1.20. The van der Waals surface area contributed by atoms with Crippen LogP contribution in [0.4, 0.5) is 0 Å². The van der Waals surface area contributed by atoms with Crippen molar-refractivity contribution in [3.8, 4) is 0 Å². The van der Waals surface area contributed by atoms with Gasteiger partial charge in [-0.05, 0) is 18.9 Å². The number of carbonyl (C=O) groups excluding carboxylic acids is 1. The van der Waals surface area contributed by atoms with Gasteiger partial charge in [-0.25, -0.2) is 4.79 Å². The molecule has 1 fully saturated rings. The topological polar surface area (TPSA) is 82.3 Å². The van der Waals surface area contributed by atoms with Gasteiger partial charge < -0.3 is 10.1 Å². The summed E-state index contributed by atoms with van der Waals surface area (Å²) in [5.41, 5.74) is -0.779. The summed E-state index contributed by atoms with van der Waals surface area (Å²) in [7, 11) is 3.02. The van der Waals surface area contributed by atoms with Crippen LogP contribution < -0.4 is 16.6 Å². The molecule has 0 spiro atoms. The third kappa shape index (κ3) is 2.48. The van der Waals surface area contributed by atoms with E-state index in [4.69, 9.17) is 4.74 Å². The zero-order chi connectivity index (χ0) is 15.9. The fourth-order valence-electron chi connectivity index (χ4n) is 2.57. The molecule has 1 saturated heterocycles. The first-order chi connectivity index (χ1) is 10.5. The molecule has 7 nitrogen and oxygen atoms in total. The van der Waals surface area contributed by atoms with E-state index in [0.717, 1.165) is 35.4 Å². The molecule has 1 aliphatic rings. The number of thiophene rings is 1. The molecule has 8 heteroatoms.